The van der Waals surface area contributed by atoms with Gasteiger partial charge in [0, 0.05) is 29.7 Å². The van der Waals surface area contributed by atoms with E-state index in [0.717, 1.165) is 35.7 Å². The molecule has 3 aromatic rings. The molecule has 4 nitrogen and oxygen atoms in total. The minimum absolute atomic E-state index is 0.634. The molecule has 26 heavy (non-hydrogen) atoms. The number of hydrogen-bond donors (Lipinski definition) is 1. The number of aromatic nitrogens is 2. The van der Waals surface area contributed by atoms with Crippen LogP contribution in [0.1, 0.15) is 30.2 Å². The molecule has 0 atom stereocenters. The molecule has 0 bridgehead atoms. The molecule has 0 aliphatic heterocycles. The van der Waals surface area contributed by atoms with Gasteiger partial charge in [0.05, 0.1) is 0 Å². The van der Waals surface area contributed by atoms with E-state index in [-0.39, 0.29) is 0 Å². The number of anilines is 4. The van der Waals surface area contributed by atoms with Gasteiger partial charge in [-0.05, 0) is 44.0 Å². The van der Waals surface area contributed by atoms with Crippen molar-refractivity contribution < 1.29 is 0 Å². The van der Waals surface area contributed by atoms with E-state index in [0.29, 0.717) is 5.95 Å². The van der Waals surface area contributed by atoms with E-state index in [1.807, 2.05) is 30.3 Å². The van der Waals surface area contributed by atoms with Gasteiger partial charge in [-0.2, -0.15) is 4.98 Å². The van der Waals surface area contributed by atoms with E-state index in [1.165, 1.54) is 11.1 Å². The Kier molecular flexibility index (Phi) is 5.52. The predicted octanol–water partition coefficient (Wildman–Crippen LogP) is 5.56. The van der Waals surface area contributed by atoms with Gasteiger partial charge in [0.15, 0.2) is 0 Å². The van der Waals surface area contributed by atoms with Crippen molar-refractivity contribution in [1.29, 1.82) is 0 Å². The highest BCUT2D eigenvalue weighted by Gasteiger charge is 2.16. The van der Waals surface area contributed by atoms with Gasteiger partial charge in [-0.3, -0.25) is 0 Å². The minimum atomic E-state index is 0.634. The molecule has 0 saturated heterocycles. The van der Waals surface area contributed by atoms with E-state index >= 15 is 0 Å². The van der Waals surface area contributed by atoms with Gasteiger partial charge >= 0.3 is 0 Å². The van der Waals surface area contributed by atoms with Crippen LogP contribution in [0.15, 0.2) is 54.6 Å². The van der Waals surface area contributed by atoms with Gasteiger partial charge < -0.3 is 10.2 Å². The molecular weight excluding hydrogens is 320 g/mol. The minimum Gasteiger partial charge on any atom is -0.329 e. The first kappa shape index (κ1) is 17.9. The topological polar surface area (TPSA) is 41.1 Å². The maximum atomic E-state index is 4.87. The highest BCUT2D eigenvalue weighted by molar-refractivity contribution is 5.66. The summed E-state index contributed by atoms with van der Waals surface area (Å²) >= 11 is 0. The monoisotopic (exact) mass is 346 g/mol. The van der Waals surface area contributed by atoms with Crippen molar-refractivity contribution in [2.75, 3.05) is 17.3 Å². The lowest BCUT2D eigenvalue weighted by Crippen LogP contribution is -2.16. The van der Waals surface area contributed by atoms with Crippen LogP contribution in [0.5, 0.6) is 0 Å². The van der Waals surface area contributed by atoms with Crippen LogP contribution < -0.4 is 10.2 Å². The van der Waals surface area contributed by atoms with Crippen LogP contribution in [0.25, 0.3) is 0 Å². The molecule has 0 unspecified atom stereocenters. The summed E-state index contributed by atoms with van der Waals surface area (Å²) in [5.41, 5.74) is 5.54. The zero-order chi connectivity index (χ0) is 18.5. The van der Waals surface area contributed by atoms with E-state index in [2.05, 4.69) is 62.3 Å². The maximum Gasteiger partial charge on any atom is 0.229 e. The van der Waals surface area contributed by atoms with E-state index in [9.17, 15) is 0 Å². The Morgan fingerprint density at radius 2 is 1.62 bits per heavy atom. The Balaban J connectivity index is 2.03. The molecule has 4 heteroatoms. The molecule has 0 fully saturated rings. The maximum absolute atomic E-state index is 4.87. The molecule has 2 aromatic carbocycles. The largest absolute Gasteiger partial charge is 0.329 e. The zero-order valence-electron chi connectivity index (χ0n) is 16.0. The normalized spacial score (nSPS) is 10.6. The second-order valence-corrected chi connectivity index (χ2v) is 6.52. The summed E-state index contributed by atoms with van der Waals surface area (Å²) in [5.74, 6) is 1.59. The Hall–Kier alpha value is -2.88. The first-order valence-electron chi connectivity index (χ1n) is 9.09. The first-order valence-corrected chi connectivity index (χ1v) is 9.09. The fourth-order valence-corrected chi connectivity index (χ4v) is 3.06. The van der Waals surface area contributed by atoms with Crippen LogP contribution >= 0.6 is 0 Å². The lowest BCUT2D eigenvalue weighted by Gasteiger charge is -2.23. The third kappa shape index (κ3) is 3.85. The molecule has 0 aliphatic carbocycles. The summed E-state index contributed by atoms with van der Waals surface area (Å²) in [6.07, 6.45) is 2.02. The summed E-state index contributed by atoms with van der Waals surface area (Å²) in [5, 5.41) is 3.38. The van der Waals surface area contributed by atoms with E-state index < -0.39 is 0 Å². The SMILES string of the molecule is CCCc1c(C)nc(Nc2ccccc2C)nc1N(C)c1ccccc1. The molecule has 1 heterocycles. The van der Waals surface area contributed by atoms with Gasteiger partial charge in [0.1, 0.15) is 5.82 Å². The van der Waals surface area contributed by atoms with Crippen LogP contribution in [0, 0.1) is 13.8 Å². The molecule has 0 radical (unpaired) electrons. The van der Waals surface area contributed by atoms with Crippen LogP contribution in [0.3, 0.4) is 0 Å². The zero-order valence-corrected chi connectivity index (χ0v) is 16.0. The molecule has 0 aliphatic rings. The number of nitrogens with one attached hydrogen (secondary N) is 1. The van der Waals surface area contributed by atoms with Crippen LogP contribution in [0.2, 0.25) is 0 Å². The molecule has 3 rings (SSSR count). The lowest BCUT2D eigenvalue weighted by molar-refractivity contribution is 0.876. The van der Waals surface area contributed by atoms with Crippen molar-refractivity contribution >= 4 is 23.1 Å². The molecular formula is C22H26N4. The highest BCUT2D eigenvalue weighted by Crippen LogP contribution is 2.29. The Morgan fingerprint density at radius 3 is 2.31 bits per heavy atom. The third-order valence-corrected chi connectivity index (χ3v) is 4.54. The molecule has 1 N–H and O–H groups in total. The van der Waals surface area contributed by atoms with E-state index in [1.54, 1.807) is 0 Å². The summed E-state index contributed by atoms with van der Waals surface area (Å²) in [7, 11) is 2.06. The summed E-state index contributed by atoms with van der Waals surface area (Å²) in [4.78, 5) is 11.7. The van der Waals surface area contributed by atoms with Gasteiger partial charge in [0.25, 0.3) is 0 Å². The van der Waals surface area contributed by atoms with Crippen molar-refractivity contribution in [2.45, 2.75) is 33.6 Å². The second-order valence-electron chi connectivity index (χ2n) is 6.52. The Labute approximate surface area is 155 Å². The van der Waals surface area contributed by atoms with Gasteiger partial charge in [-0.1, -0.05) is 49.7 Å². The molecule has 0 amide bonds. The summed E-state index contributed by atoms with van der Waals surface area (Å²) in [6.45, 7) is 6.33. The number of para-hydroxylation sites is 2. The molecule has 1 aromatic heterocycles. The number of rotatable bonds is 6. The third-order valence-electron chi connectivity index (χ3n) is 4.54. The van der Waals surface area contributed by atoms with E-state index in [4.69, 9.17) is 9.97 Å². The van der Waals surface area contributed by atoms with Gasteiger partial charge in [-0.15, -0.1) is 0 Å². The number of aryl methyl sites for hydroxylation is 2. The quantitative estimate of drug-likeness (QED) is 0.634. The Morgan fingerprint density at radius 1 is 0.923 bits per heavy atom. The first-order chi connectivity index (χ1) is 12.6. The van der Waals surface area contributed by atoms with Crippen LogP contribution in [-0.2, 0) is 6.42 Å². The fourth-order valence-electron chi connectivity index (χ4n) is 3.06. The van der Waals surface area contributed by atoms with Crippen molar-refractivity contribution in [1.82, 2.24) is 9.97 Å². The number of hydrogen-bond acceptors (Lipinski definition) is 4. The second kappa shape index (κ2) is 8.00. The van der Waals surface area contributed by atoms with Crippen molar-refractivity contribution in [3.8, 4) is 0 Å². The standard InChI is InChI=1S/C22H26N4/c1-5-11-19-17(3)23-22(24-20-15-10-9-12-16(20)2)25-21(19)26(4)18-13-7-6-8-14-18/h6-10,12-15H,5,11H2,1-4H3,(H,23,24,25). The average molecular weight is 346 g/mol. The highest BCUT2D eigenvalue weighted by atomic mass is 15.2. The fraction of sp³-hybridized carbons (Fsp3) is 0.273. The molecule has 0 spiro atoms. The van der Waals surface area contributed by atoms with Crippen LogP contribution in [-0.4, -0.2) is 17.0 Å². The number of nitrogens with zero attached hydrogens (tertiary/aromatic N) is 3. The van der Waals surface area contributed by atoms with Gasteiger partial charge in [-0.25, -0.2) is 4.98 Å². The summed E-state index contributed by atoms with van der Waals surface area (Å²) in [6, 6.07) is 18.5. The molecule has 0 saturated carbocycles. The lowest BCUT2D eigenvalue weighted by atomic mass is 10.1. The number of benzene rings is 2. The smallest absolute Gasteiger partial charge is 0.229 e. The predicted molar refractivity (Wildman–Crippen MR) is 110 cm³/mol. The van der Waals surface area contributed by atoms with Gasteiger partial charge in [0.2, 0.25) is 5.95 Å². The van der Waals surface area contributed by atoms with Crippen LogP contribution in [0.4, 0.5) is 23.1 Å². The Bertz CT molecular complexity index is 875. The molecule has 134 valence electrons. The van der Waals surface area contributed by atoms with Crippen molar-refractivity contribution in [2.24, 2.45) is 0 Å². The average Bonchev–Trinajstić information content (AvgIpc) is 2.66. The van der Waals surface area contributed by atoms with Crippen molar-refractivity contribution in [3.63, 3.8) is 0 Å². The van der Waals surface area contributed by atoms with Crippen molar-refractivity contribution in [3.05, 3.63) is 71.4 Å². The summed E-state index contributed by atoms with van der Waals surface area (Å²) < 4.78 is 0.